The van der Waals surface area contributed by atoms with E-state index in [4.69, 9.17) is 5.11 Å². The fourth-order valence-corrected chi connectivity index (χ4v) is 1.55. The first kappa shape index (κ1) is 15.1. The van der Waals surface area contributed by atoms with E-state index in [1.165, 1.54) is 6.07 Å². The summed E-state index contributed by atoms with van der Waals surface area (Å²) in [5.74, 6) is -2.16. The number of aliphatic hydroxyl groups excluding tert-OH is 1. The second-order valence-corrected chi connectivity index (χ2v) is 4.36. The molecule has 0 aromatic heterocycles. The second kappa shape index (κ2) is 6.84. The molecule has 0 aliphatic rings. The number of nitrogens with one attached hydrogen (secondary N) is 2. The number of carbonyl (C=O) groups is 2. The van der Waals surface area contributed by atoms with Crippen LogP contribution in [0.4, 0.5) is 10.1 Å². The molecule has 0 aliphatic carbocycles. The highest BCUT2D eigenvalue weighted by Gasteiger charge is 2.16. The predicted molar refractivity (Wildman–Crippen MR) is 69.1 cm³/mol. The Hall–Kier alpha value is -1.95. The molecule has 3 N–H and O–H groups in total. The van der Waals surface area contributed by atoms with Gasteiger partial charge in [-0.1, -0.05) is 0 Å². The minimum absolute atomic E-state index is 0.0772. The van der Waals surface area contributed by atoms with Crippen molar-refractivity contribution >= 4 is 17.5 Å². The van der Waals surface area contributed by atoms with Crippen molar-refractivity contribution in [2.45, 2.75) is 26.3 Å². The Bertz CT molecular complexity index is 457. The molecule has 1 rings (SSSR count). The number of amides is 2. The SMILES string of the molecule is Cc1cc(F)cc(NC(=O)C(=O)N[C@H](C)CCO)c1. The lowest BCUT2D eigenvalue weighted by Crippen LogP contribution is -2.40. The summed E-state index contributed by atoms with van der Waals surface area (Å²) in [7, 11) is 0. The molecule has 1 aromatic rings. The fraction of sp³-hybridized carbons (Fsp3) is 0.385. The van der Waals surface area contributed by atoms with Gasteiger partial charge in [-0.2, -0.15) is 0 Å². The van der Waals surface area contributed by atoms with Crippen molar-refractivity contribution in [1.82, 2.24) is 5.32 Å². The average molecular weight is 268 g/mol. The molecule has 19 heavy (non-hydrogen) atoms. The van der Waals surface area contributed by atoms with Gasteiger partial charge in [-0.25, -0.2) is 4.39 Å². The van der Waals surface area contributed by atoms with Crippen LogP contribution in [0.3, 0.4) is 0 Å². The molecule has 6 heteroatoms. The number of benzene rings is 1. The van der Waals surface area contributed by atoms with Crippen LogP contribution in [0.1, 0.15) is 18.9 Å². The quantitative estimate of drug-likeness (QED) is 0.712. The maximum Gasteiger partial charge on any atom is 0.313 e. The third kappa shape index (κ3) is 5.05. The van der Waals surface area contributed by atoms with E-state index in [0.29, 0.717) is 12.0 Å². The normalized spacial score (nSPS) is 11.8. The molecule has 0 saturated carbocycles. The summed E-state index contributed by atoms with van der Waals surface area (Å²) in [5, 5.41) is 13.4. The Morgan fingerprint density at radius 3 is 2.58 bits per heavy atom. The first-order valence-electron chi connectivity index (χ1n) is 5.92. The van der Waals surface area contributed by atoms with Crippen molar-refractivity contribution in [3.8, 4) is 0 Å². The number of hydrogen-bond donors (Lipinski definition) is 3. The van der Waals surface area contributed by atoms with E-state index in [1.54, 1.807) is 19.9 Å². The summed E-state index contributed by atoms with van der Waals surface area (Å²) >= 11 is 0. The Morgan fingerprint density at radius 1 is 1.32 bits per heavy atom. The summed E-state index contributed by atoms with van der Waals surface area (Å²) < 4.78 is 13.1. The van der Waals surface area contributed by atoms with E-state index in [2.05, 4.69) is 10.6 Å². The van der Waals surface area contributed by atoms with E-state index >= 15 is 0 Å². The van der Waals surface area contributed by atoms with E-state index in [1.807, 2.05) is 0 Å². The van der Waals surface area contributed by atoms with Crippen LogP contribution in [0.2, 0.25) is 0 Å². The highest BCUT2D eigenvalue weighted by atomic mass is 19.1. The van der Waals surface area contributed by atoms with Gasteiger partial charge in [0.15, 0.2) is 0 Å². The lowest BCUT2D eigenvalue weighted by atomic mass is 10.2. The van der Waals surface area contributed by atoms with Crippen molar-refractivity contribution in [3.63, 3.8) is 0 Å². The molecule has 2 amide bonds. The molecule has 0 heterocycles. The molecule has 0 fully saturated rings. The van der Waals surface area contributed by atoms with E-state index in [0.717, 1.165) is 6.07 Å². The summed E-state index contributed by atoms with van der Waals surface area (Å²) in [5.41, 5.74) is 0.872. The van der Waals surface area contributed by atoms with Gasteiger partial charge >= 0.3 is 11.8 Å². The van der Waals surface area contributed by atoms with Crippen LogP contribution in [0.25, 0.3) is 0 Å². The third-order valence-corrected chi connectivity index (χ3v) is 2.45. The van der Waals surface area contributed by atoms with Gasteiger partial charge in [-0.15, -0.1) is 0 Å². The van der Waals surface area contributed by atoms with Crippen molar-refractivity contribution < 1.29 is 19.1 Å². The molecule has 0 unspecified atom stereocenters. The predicted octanol–water partition coefficient (Wildman–Crippen LogP) is 0.960. The fourth-order valence-electron chi connectivity index (χ4n) is 1.55. The first-order valence-corrected chi connectivity index (χ1v) is 5.92. The standard InChI is InChI=1S/C13H17FN2O3/c1-8-5-10(14)7-11(6-8)16-13(19)12(18)15-9(2)3-4-17/h5-7,9,17H,3-4H2,1-2H3,(H,15,18)(H,16,19)/t9-/m1/s1. The minimum Gasteiger partial charge on any atom is -0.396 e. The average Bonchev–Trinajstić information content (AvgIpc) is 2.27. The van der Waals surface area contributed by atoms with Crippen molar-refractivity contribution in [3.05, 3.63) is 29.6 Å². The van der Waals surface area contributed by atoms with Crippen LogP contribution in [0.5, 0.6) is 0 Å². The Kier molecular flexibility index (Phi) is 5.44. The monoisotopic (exact) mass is 268 g/mol. The number of halogens is 1. The zero-order valence-corrected chi connectivity index (χ0v) is 10.9. The zero-order chi connectivity index (χ0) is 14.4. The van der Waals surface area contributed by atoms with Crippen LogP contribution in [-0.2, 0) is 9.59 Å². The lowest BCUT2D eigenvalue weighted by molar-refractivity contribution is -0.136. The van der Waals surface area contributed by atoms with E-state index in [-0.39, 0.29) is 18.3 Å². The molecule has 1 atom stereocenters. The molecular formula is C13H17FN2O3. The van der Waals surface area contributed by atoms with Crippen molar-refractivity contribution in [2.75, 3.05) is 11.9 Å². The Balaban J connectivity index is 2.61. The molecule has 5 nitrogen and oxygen atoms in total. The van der Waals surface area contributed by atoms with Gasteiger partial charge in [0.25, 0.3) is 0 Å². The maximum absolute atomic E-state index is 13.1. The number of carbonyl (C=O) groups excluding carboxylic acids is 2. The number of aryl methyl sites for hydroxylation is 1. The topological polar surface area (TPSA) is 78.4 Å². The molecule has 0 radical (unpaired) electrons. The number of hydrogen-bond acceptors (Lipinski definition) is 3. The van der Waals surface area contributed by atoms with E-state index in [9.17, 15) is 14.0 Å². The third-order valence-electron chi connectivity index (χ3n) is 2.45. The Labute approximate surface area is 110 Å². The number of anilines is 1. The molecule has 0 spiro atoms. The highest BCUT2D eigenvalue weighted by molar-refractivity contribution is 6.39. The maximum atomic E-state index is 13.1. The molecule has 0 aliphatic heterocycles. The van der Waals surface area contributed by atoms with Gasteiger partial charge in [-0.3, -0.25) is 9.59 Å². The minimum atomic E-state index is -0.866. The van der Waals surface area contributed by atoms with Crippen molar-refractivity contribution in [1.29, 1.82) is 0 Å². The molecule has 104 valence electrons. The van der Waals surface area contributed by atoms with Gasteiger partial charge in [-0.05, 0) is 44.0 Å². The van der Waals surface area contributed by atoms with Crippen LogP contribution < -0.4 is 10.6 Å². The van der Waals surface area contributed by atoms with Crippen LogP contribution in [-0.4, -0.2) is 29.6 Å². The van der Waals surface area contributed by atoms with Crippen molar-refractivity contribution in [2.24, 2.45) is 0 Å². The Morgan fingerprint density at radius 2 is 2.00 bits per heavy atom. The van der Waals surface area contributed by atoms with Crippen LogP contribution >= 0.6 is 0 Å². The highest BCUT2D eigenvalue weighted by Crippen LogP contribution is 2.13. The lowest BCUT2D eigenvalue weighted by Gasteiger charge is -2.12. The molecule has 0 saturated heterocycles. The second-order valence-electron chi connectivity index (χ2n) is 4.36. The van der Waals surface area contributed by atoms with Gasteiger partial charge in [0.05, 0.1) is 0 Å². The van der Waals surface area contributed by atoms with Crippen LogP contribution in [0, 0.1) is 12.7 Å². The van der Waals surface area contributed by atoms with Gasteiger partial charge < -0.3 is 15.7 Å². The van der Waals surface area contributed by atoms with Gasteiger partial charge in [0.2, 0.25) is 0 Å². The molecule has 1 aromatic carbocycles. The molecule has 0 bridgehead atoms. The van der Waals surface area contributed by atoms with Crippen LogP contribution in [0.15, 0.2) is 18.2 Å². The number of aliphatic hydroxyl groups is 1. The summed E-state index contributed by atoms with van der Waals surface area (Å²) in [4.78, 5) is 23.1. The summed E-state index contributed by atoms with van der Waals surface area (Å²) in [6.07, 6.45) is 0.359. The number of rotatable bonds is 4. The largest absolute Gasteiger partial charge is 0.396 e. The summed E-state index contributed by atoms with van der Waals surface area (Å²) in [6.45, 7) is 3.28. The summed E-state index contributed by atoms with van der Waals surface area (Å²) in [6, 6.07) is 3.71. The first-order chi connectivity index (χ1) is 8.92. The molecular weight excluding hydrogens is 251 g/mol. The van der Waals surface area contributed by atoms with Gasteiger partial charge in [0, 0.05) is 18.3 Å². The zero-order valence-electron chi connectivity index (χ0n) is 10.9. The van der Waals surface area contributed by atoms with E-state index < -0.39 is 17.6 Å². The smallest absolute Gasteiger partial charge is 0.313 e. The van der Waals surface area contributed by atoms with Gasteiger partial charge in [0.1, 0.15) is 5.82 Å².